The fourth-order valence-electron chi connectivity index (χ4n) is 3.75. The zero-order chi connectivity index (χ0) is 29.1. The van der Waals surface area contributed by atoms with Crippen molar-refractivity contribution < 1.29 is 29.1 Å². The van der Waals surface area contributed by atoms with Crippen molar-refractivity contribution in [2.45, 2.75) is 56.3 Å². The Bertz CT molecular complexity index is 1260. The molecule has 0 radical (unpaired) electrons. The molecule has 0 fully saturated rings. The summed E-state index contributed by atoms with van der Waals surface area (Å²) in [6.07, 6.45) is 8.08. The lowest BCUT2D eigenvalue weighted by Crippen LogP contribution is -2.58. The van der Waals surface area contributed by atoms with Gasteiger partial charge in [-0.2, -0.15) is 0 Å². The molecule has 11 N–H and O–H groups in total. The van der Waals surface area contributed by atoms with Gasteiger partial charge in [-0.25, -0.2) is 19.7 Å². The number of aromatic nitrogens is 6. The lowest BCUT2D eigenvalue weighted by molar-refractivity contribution is -0.142. The number of aromatic amines is 3. The molecule has 214 valence electrons. The highest BCUT2D eigenvalue weighted by Crippen LogP contribution is 2.06. The zero-order valence-corrected chi connectivity index (χ0v) is 21.3. The zero-order valence-electron chi connectivity index (χ0n) is 21.3. The Morgan fingerprint density at radius 1 is 0.725 bits per heavy atom. The van der Waals surface area contributed by atoms with Crippen LogP contribution in [0, 0.1) is 0 Å². The minimum atomic E-state index is -1.36. The summed E-state index contributed by atoms with van der Waals surface area (Å²) in [6, 6.07) is -4.93. The molecule has 17 nitrogen and oxygen atoms in total. The van der Waals surface area contributed by atoms with E-state index in [2.05, 4.69) is 45.9 Å². The number of nitrogens with two attached hydrogens (primary N) is 2. The van der Waals surface area contributed by atoms with Crippen LogP contribution < -0.4 is 27.4 Å². The first kappa shape index (κ1) is 29.5. The van der Waals surface area contributed by atoms with Crippen molar-refractivity contribution in [3.05, 3.63) is 54.7 Å². The largest absolute Gasteiger partial charge is 0.480 e. The maximum Gasteiger partial charge on any atom is 0.326 e. The molecule has 17 heteroatoms. The van der Waals surface area contributed by atoms with Gasteiger partial charge in [0.15, 0.2) is 0 Å². The van der Waals surface area contributed by atoms with Crippen molar-refractivity contribution in [1.82, 2.24) is 45.9 Å². The summed E-state index contributed by atoms with van der Waals surface area (Å²) in [5.74, 6) is -4.33. The topological polar surface area (TPSA) is 280 Å². The maximum absolute atomic E-state index is 13.3. The minimum absolute atomic E-state index is 0.0317. The van der Waals surface area contributed by atoms with Crippen LogP contribution in [0.1, 0.15) is 29.9 Å². The number of carboxylic acids is 1. The van der Waals surface area contributed by atoms with E-state index >= 15 is 0 Å². The number of nitrogens with one attached hydrogen (secondary N) is 6. The molecule has 40 heavy (non-hydrogen) atoms. The highest BCUT2D eigenvalue weighted by atomic mass is 16.4. The molecule has 3 aromatic rings. The summed E-state index contributed by atoms with van der Waals surface area (Å²) >= 11 is 0. The molecule has 4 atom stereocenters. The third kappa shape index (κ3) is 9.05. The lowest BCUT2D eigenvalue weighted by atomic mass is 10.1. The van der Waals surface area contributed by atoms with E-state index in [9.17, 15) is 29.1 Å². The van der Waals surface area contributed by atoms with Crippen LogP contribution in [0.2, 0.25) is 0 Å². The van der Waals surface area contributed by atoms with Crippen LogP contribution >= 0.6 is 0 Å². The van der Waals surface area contributed by atoms with E-state index in [-0.39, 0.29) is 32.1 Å². The van der Waals surface area contributed by atoms with Gasteiger partial charge in [0.2, 0.25) is 23.6 Å². The fourth-order valence-corrected chi connectivity index (χ4v) is 3.75. The molecule has 3 rings (SSSR count). The molecule has 0 spiro atoms. The fraction of sp³-hybridized carbons (Fsp3) is 0.391. The third-order valence-electron chi connectivity index (χ3n) is 5.85. The van der Waals surface area contributed by atoms with Crippen LogP contribution in [0.5, 0.6) is 0 Å². The average molecular weight is 558 g/mol. The molecule has 0 saturated heterocycles. The smallest absolute Gasteiger partial charge is 0.326 e. The molecule has 0 aromatic carbocycles. The number of carbonyl (C=O) groups excluding carboxylic acids is 4. The van der Waals surface area contributed by atoms with Crippen molar-refractivity contribution in [3.63, 3.8) is 0 Å². The number of amides is 4. The van der Waals surface area contributed by atoms with Gasteiger partial charge in [-0.3, -0.25) is 19.2 Å². The third-order valence-corrected chi connectivity index (χ3v) is 5.85. The number of carbonyl (C=O) groups is 5. The van der Waals surface area contributed by atoms with Gasteiger partial charge in [0, 0.05) is 61.4 Å². The number of nitrogens with zero attached hydrogens (tertiary/aromatic N) is 3. The van der Waals surface area contributed by atoms with Crippen molar-refractivity contribution in [1.29, 1.82) is 0 Å². The van der Waals surface area contributed by atoms with E-state index in [0.717, 1.165) is 0 Å². The molecule has 4 unspecified atom stereocenters. The molecule has 0 aliphatic heterocycles. The Balaban J connectivity index is 1.73. The number of primary amides is 1. The highest BCUT2D eigenvalue weighted by molar-refractivity contribution is 5.94. The quantitative estimate of drug-likeness (QED) is 0.0861. The van der Waals surface area contributed by atoms with Gasteiger partial charge < -0.3 is 47.5 Å². The molecule has 3 heterocycles. The summed E-state index contributed by atoms with van der Waals surface area (Å²) in [4.78, 5) is 82.5. The Morgan fingerprint density at radius 3 is 1.65 bits per heavy atom. The maximum atomic E-state index is 13.3. The number of hydrogen-bond donors (Lipinski definition) is 9. The summed E-state index contributed by atoms with van der Waals surface area (Å²) in [7, 11) is 0. The Labute approximate surface area is 227 Å². The number of rotatable bonds is 16. The predicted octanol–water partition coefficient (Wildman–Crippen LogP) is -2.98. The Hall–Kier alpha value is -5.06. The van der Waals surface area contributed by atoms with Crippen LogP contribution in [0.25, 0.3) is 0 Å². The van der Waals surface area contributed by atoms with Gasteiger partial charge >= 0.3 is 5.97 Å². The van der Waals surface area contributed by atoms with Crippen LogP contribution in [0.3, 0.4) is 0 Å². The standard InChI is InChI=1S/C23H31N11O6/c24-15(3-12-6-26-9-29-12)20(36)33-17(4-13-7-27-10-30-13)22(38)32-16(1-2-19(25)35)21(37)34-18(23(39)40)5-14-8-28-11-31-14/h6-11,15-18H,1-5,24H2,(H2,25,35)(H,26,29)(H,27,30)(H,28,31)(H,32,38)(H,33,36)(H,34,37)(H,39,40). The Kier molecular flexibility index (Phi) is 10.5. The van der Waals surface area contributed by atoms with Gasteiger partial charge in [-0.1, -0.05) is 0 Å². The molecule has 3 aromatic heterocycles. The van der Waals surface area contributed by atoms with E-state index in [0.29, 0.717) is 17.1 Å². The monoisotopic (exact) mass is 557 g/mol. The van der Waals surface area contributed by atoms with Gasteiger partial charge in [-0.05, 0) is 6.42 Å². The first-order chi connectivity index (χ1) is 19.1. The number of H-pyrrole nitrogens is 3. The summed E-state index contributed by atoms with van der Waals surface area (Å²) in [5, 5.41) is 17.0. The van der Waals surface area contributed by atoms with Crippen LogP contribution in [-0.2, 0) is 43.2 Å². The van der Waals surface area contributed by atoms with Crippen molar-refractivity contribution in [2.24, 2.45) is 11.5 Å². The molecule has 0 saturated carbocycles. The summed E-state index contributed by atoms with van der Waals surface area (Å²) < 4.78 is 0. The van der Waals surface area contributed by atoms with Gasteiger partial charge in [0.05, 0.1) is 25.0 Å². The van der Waals surface area contributed by atoms with Crippen LogP contribution in [-0.4, -0.2) is 88.8 Å². The summed E-state index contributed by atoms with van der Waals surface area (Å²) in [5.41, 5.74) is 12.8. The van der Waals surface area contributed by atoms with E-state index in [1.54, 1.807) is 0 Å². The predicted molar refractivity (Wildman–Crippen MR) is 137 cm³/mol. The second kappa shape index (κ2) is 14.2. The van der Waals surface area contributed by atoms with Crippen LogP contribution in [0.15, 0.2) is 37.6 Å². The lowest BCUT2D eigenvalue weighted by Gasteiger charge is -2.25. The molecular formula is C23H31N11O6. The van der Waals surface area contributed by atoms with E-state index in [1.807, 2.05) is 0 Å². The molecular weight excluding hydrogens is 526 g/mol. The molecule has 4 amide bonds. The molecule has 0 aliphatic carbocycles. The van der Waals surface area contributed by atoms with Crippen LogP contribution in [0.4, 0.5) is 0 Å². The summed E-state index contributed by atoms with van der Waals surface area (Å²) in [6.45, 7) is 0. The van der Waals surface area contributed by atoms with Crippen molar-refractivity contribution in [2.75, 3.05) is 0 Å². The van der Waals surface area contributed by atoms with E-state index < -0.39 is 53.8 Å². The van der Waals surface area contributed by atoms with Gasteiger partial charge in [-0.15, -0.1) is 0 Å². The second-order valence-electron chi connectivity index (χ2n) is 8.98. The Morgan fingerprint density at radius 2 is 1.18 bits per heavy atom. The first-order valence-electron chi connectivity index (χ1n) is 12.2. The van der Waals surface area contributed by atoms with Gasteiger partial charge in [0.25, 0.3) is 0 Å². The SMILES string of the molecule is NC(=O)CCC(NC(=O)C(Cc1cnc[nH]1)NC(=O)C(N)Cc1cnc[nH]1)C(=O)NC(Cc1cnc[nH]1)C(=O)O. The normalized spacial score (nSPS) is 13.9. The van der Waals surface area contributed by atoms with Gasteiger partial charge in [0.1, 0.15) is 18.1 Å². The number of hydrogen-bond acceptors (Lipinski definition) is 9. The minimum Gasteiger partial charge on any atom is -0.480 e. The van der Waals surface area contributed by atoms with Crippen molar-refractivity contribution >= 4 is 29.6 Å². The highest BCUT2D eigenvalue weighted by Gasteiger charge is 2.31. The number of aliphatic carboxylic acids is 1. The second-order valence-corrected chi connectivity index (χ2v) is 8.98. The number of imidazole rings is 3. The van der Waals surface area contributed by atoms with E-state index in [1.165, 1.54) is 37.6 Å². The molecule has 0 bridgehead atoms. The number of carboxylic acid groups (broad SMARTS) is 1. The van der Waals surface area contributed by atoms with Crippen molar-refractivity contribution in [3.8, 4) is 0 Å². The first-order valence-corrected chi connectivity index (χ1v) is 12.2. The van der Waals surface area contributed by atoms with E-state index in [4.69, 9.17) is 11.5 Å². The molecule has 0 aliphatic rings. The average Bonchev–Trinajstić information content (AvgIpc) is 3.70.